The van der Waals surface area contributed by atoms with Gasteiger partial charge in [0.2, 0.25) is 11.2 Å². The van der Waals surface area contributed by atoms with E-state index in [1.165, 1.54) is 12.3 Å². The summed E-state index contributed by atoms with van der Waals surface area (Å²) < 4.78 is 21.2. The molecule has 0 radical (unpaired) electrons. The first-order valence-corrected chi connectivity index (χ1v) is 7.98. The van der Waals surface area contributed by atoms with Crippen LogP contribution in [-0.2, 0) is 11.2 Å². The summed E-state index contributed by atoms with van der Waals surface area (Å²) >= 11 is 0. The van der Waals surface area contributed by atoms with Gasteiger partial charge in [-0.25, -0.2) is 4.79 Å². The predicted octanol–water partition coefficient (Wildman–Crippen LogP) is 3.80. The number of esters is 1. The number of aryl methyl sites for hydroxylation is 1. The summed E-state index contributed by atoms with van der Waals surface area (Å²) in [5.74, 6) is 0.401. The zero-order valence-electron chi connectivity index (χ0n) is 14.3. The highest BCUT2D eigenvalue weighted by Crippen LogP contribution is 2.27. The molecule has 1 aromatic carbocycles. The van der Waals surface area contributed by atoms with E-state index < -0.39 is 5.97 Å². The molecule has 3 rings (SSSR count). The van der Waals surface area contributed by atoms with Gasteiger partial charge in [0.05, 0.1) is 19.1 Å². The minimum absolute atomic E-state index is 0.0420. The summed E-state index contributed by atoms with van der Waals surface area (Å²) in [5.41, 5.74) is 1.35. The van der Waals surface area contributed by atoms with Crippen LogP contribution in [0.3, 0.4) is 0 Å². The van der Waals surface area contributed by atoms with Crippen LogP contribution < -0.4 is 10.2 Å². The highest BCUT2D eigenvalue weighted by Gasteiger charge is 2.17. The molecule has 0 saturated carbocycles. The average molecular weight is 342 g/mol. The van der Waals surface area contributed by atoms with Gasteiger partial charge in [-0.15, -0.1) is 0 Å². The summed E-state index contributed by atoms with van der Waals surface area (Å²) in [5, 5.41) is 0.434. The molecule has 0 amide bonds. The Labute approximate surface area is 144 Å². The average Bonchev–Trinajstić information content (AvgIpc) is 3.11. The monoisotopic (exact) mass is 342 g/mol. The molecule has 0 saturated heterocycles. The minimum atomic E-state index is -0.572. The fourth-order valence-electron chi connectivity index (χ4n) is 2.63. The van der Waals surface area contributed by atoms with Crippen LogP contribution in [0.1, 0.15) is 30.0 Å². The Hall–Kier alpha value is -3.02. The first kappa shape index (κ1) is 16.8. The molecular weight excluding hydrogens is 324 g/mol. The number of fused-ring (bicyclic) bond motifs is 1. The summed E-state index contributed by atoms with van der Waals surface area (Å²) in [6.07, 6.45) is 2.04. The summed E-state index contributed by atoms with van der Waals surface area (Å²) in [7, 11) is 1.58. The molecule has 0 aliphatic carbocycles. The van der Waals surface area contributed by atoms with E-state index in [0.717, 1.165) is 12.0 Å². The third kappa shape index (κ3) is 3.03. The number of carbonyl (C=O) groups is 1. The van der Waals surface area contributed by atoms with Crippen LogP contribution in [0.2, 0.25) is 0 Å². The topological polar surface area (TPSA) is 78.9 Å². The zero-order chi connectivity index (χ0) is 18.0. The number of benzene rings is 1. The van der Waals surface area contributed by atoms with E-state index >= 15 is 0 Å². The second-order valence-electron chi connectivity index (χ2n) is 5.38. The number of hydrogen-bond donors (Lipinski definition) is 0. The summed E-state index contributed by atoms with van der Waals surface area (Å²) in [4.78, 5) is 24.5. The largest absolute Gasteiger partial charge is 0.496 e. The highest BCUT2D eigenvalue weighted by molar-refractivity contribution is 5.88. The van der Waals surface area contributed by atoms with Crippen LogP contribution in [0.25, 0.3) is 22.3 Å². The van der Waals surface area contributed by atoms with Gasteiger partial charge in [-0.1, -0.05) is 6.92 Å². The molecule has 0 aliphatic rings. The fraction of sp³-hybridized carbons (Fsp3) is 0.263. The van der Waals surface area contributed by atoms with Crippen LogP contribution in [-0.4, -0.2) is 19.7 Å². The molecule has 6 heteroatoms. The molecule has 130 valence electrons. The maximum absolute atomic E-state index is 12.8. The Morgan fingerprint density at radius 2 is 2.00 bits per heavy atom. The van der Waals surface area contributed by atoms with Gasteiger partial charge in [-0.3, -0.25) is 4.79 Å². The van der Waals surface area contributed by atoms with Crippen molar-refractivity contribution in [2.45, 2.75) is 20.3 Å². The Balaban J connectivity index is 2.10. The van der Waals surface area contributed by atoms with Crippen molar-refractivity contribution in [2.24, 2.45) is 0 Å². The molecule has 2 aromatic heterocycles. The number of ether oxygens (including phenoxy) is 2. The van der Waals surface area contributed by atoms with E-state index in [9.17, 15) is 9.59 Å². The van der Waals surface area contributed by atoms with E-state index in [4.69, 9.17) is 18.3 Å². The van der Waals surface area contributed by atoms with Gasteiger partial charge in [-0.2, -0.15) is 0 Å². The summed E-state index contributed by atoms with van der Waals surface area (Å²) in [6.45, 7) is 3.93. The second kappa shape index (κ2) is 6.84. The van der Waals surface area contributed by atoms with Crippen molar-refractivity contribution in [3.05, 3.63) is 52.1 Å². The lowest BCUT2D eigenvalue weighted by atomic mass is 10.1. The summed E-state index contributed by atoms with van der Waals surface area (Å²) in [6, 6.07) is 6.49. The lowest BCUT2D eigenvalue weighted by Gasteiger charge is -2.08. The van der Waals surface area contributed by atoms with Crippen molar-refractivity contribution in [1.82, 2.24) is 0 Å². The van der Waals surface area contributed by atoms with Crippen molar-refractivity contribution in [2.75, 3.05) is 13.7 Å². The molecule has 0 fully saturated rings. The Kier molecular flexibility index (Phi) is 4.61. The lowest BCUT2D eigenvalue weighted by molar-refractivity contribution is 0.0491. The second-order valence-corrected chi connectivity index (χ2v) is 5.38. The number of furan rings is 1. The zero-order valence-corrected chi connectivity index (χ0v) is 14.3. The minimum Gasteiger partial charge on any atom is -0.496 e. The van der Waals surface area contributed by atoms with Crippen LogP contribution in [0, 0.1) is 0 Å². The molecule has 6 nitrogen and oxygen atoms in total. The smallest absolute Gasteiger partial charge is 0.374 e. The SMILES string of the molecule is CCOC(=O)c1ccc(-c2coc3cc(OC)c(CC)cc3c2=O)o1. The van der Waals surface area contributed by atoms with Gasteiger partial charge < -0.3 is 18.3 Å². The molecule has 0 atom stereocenters. The van der Waals surface area contributed by atoms with E-state index in [0.29, 0.717) is 16.7 Å². The molecule has 0 N–H and O–H groups in total. The van der Waals surface area contributed by atoms with Crippen LogP contribution in [0.15, 0.2) is 44.2 Å². The number of methoxy groups -OCH3 is 1. The Morgan fingerprint density at radius 3 is 2.68 bits per heavy atom. The molecule has 25 heavy (non-hydrogen) atoms. The molecule has 0 aliphatic heterocycles. The van der Waals surface area contributed by atoms with Crippen molar-refractivity contribution in [1.29, 1.82) is 0 Å². The molecule has 0 spiro atoms. The molecule has 3 aromatic rings. The molecule has 0 unspecified atom stereocenters. The molecule has 0 bridgehead atoms. The van der Waals surface area contributed by atoms with Crippen molar-refractivity contribution < 1.29 is 23.1 Å². The van der Waals surface area contributed by atoms with Crippen molar-refractivity contribution >= 4 is 16.9 Å². The maximum atomic E-state index is 12.8. The normalized spacial score (nSPS) is 10.8. The van der Waals surface area contributed by atoms with Crippen LogP contribution in [0.4, 0.5) is 0 Å². The highest BCUT2D eigenvalue weighted by atomic mass is 16.5. The fourth-order valence-corrected chi connectivity index (χ4v) is 2.63. The van der Waals surface area contributed by atoms with Crippen molar-refractivity contribution in [3.8, 4) is 17.1 Å². The van der Waals surface area contributed by atoms with E-state index in [-0.39, 0.29) is 29.1 Å². The van der Waals surface area contributed by atoms with Gasteiger partial charge in [-0.05, 0) is 37.1 Å². The van der Waals surface area contributed by atoms with E-state index in [1.54, 1.807) is 32.2 Å². The first-order valence-electron chi connectivity index (χ1n) is 7.98. The number of carbonyl (C=O) groups excluding carboxylic acids is 1. The Bertz CT molecular complexity index is 979. The quantitative estimate of drug-likeness (QED) is 0.656. The number of rotatable bonds is 5. The van der Waals surface area contributed by atoms with Crippen LogP contribution >= 0.6 is 0 Å². The van der Waals surface area contributed by atoms with Gasteiger partial charge in [0, 0.05) is 6.07 Å². The van der Waals surface area contributed by atoms with E-state index in [1.807, 2.05) is 6.92 Å². The van der Waals surface area contributed by atoms with E-state index in [2.05, 4.69) is 0 Å². The van der Waals surface area contributed by atoms with Gasteiger partial charge >= 0.3 is 5.97 Å². The van der Waals surface area contributed by atoms with Gasteiger partial charge in [0.25, 0.3) is 0 Å². The van der Waals surface area contributed by atoms with Crippen LogP contribution in [0.5, 0.6) is 5.75 Å². The molecule has 2 heterocycles. The maximum Gasteiger partial charge on any atom is 0.374 e. The Morgan fingerprint density at radius 1 is 1.20 bits per heavy atom. The number of hydrogen-bond acceptors (Lipinski definition) is 6. The third-order valence-electron chi connectivity index (χ3n) is 3.90. The molecular formula is C19H18O6. The third-order valence-corrected chi connectivity index (χ3v) is 3.90. The van der Waals surface area contributed by atoms with Gasteiger partial charge in [0.1, 0.15) is 28.9 Å². The predicted molar refractivity (Wildman–Crippen MR) is 92.1 cm³/mol. The van der Waals surface area contributed by atoms with Gasteiger partial charge in [0.15, 0.2) is 0 Å². The first-order chi connectivity index (χ1) is 12.1. The standard InChI is InChI=1S/C19H18O6/c1-4-11-8-12-17(9-16(11)22-3)24-10-13(18(12)20)14-6-7-15(25-14)19(21)23-5-2/h6-10H,4-5H2,1-3H3. The lowest BCUT2D eigenvalue weighted by Crippen LogP contribution is -2.06. The van der Waals surface area contributed by atoms with Crippen molar-refractivity contribution in [3.63, 3.8) is 0 Å².